The van der Waals surface area contributed by atoms with Crippen molar-refractivity contribution in [1.82, 2.24) is 14.9 Å². The van der Waals surface area contributed by atoms with E-state index in [1.165, 1.54) is 6.07 Å². The number of piperidine rings is 1. The lowest BCUT2D eigenvalue weighted by Crippen LogP contribution is -2.51. The fourth-order valence-electron chi connectivity index (χ4n) is 4.61. The smallest absolute Gasteiger partial charge is 0.245 e. The molecule has 1 saturated heterocycles. The van der Waals surface area contributed by atoms with Crippen molar-refractivity contribution in [3.05, 3.63) is 77.9 Å². The summed E-state index contributed by atoms with van der Waals surface area (Å²) in [6, 6.07) is 18.5. The Morgan fingerprint density at radius 3 is 2.46 bits per heavy atom. The number of nitrogen functional groups attached to an aromatic ring is 1. The molecule has 0 aromatic heterocycles. The average Bonchev–Trinajstić information content (AvgIpc) is 2.91. The third-order valence-electron chi connectivity index (χ3n) is 6.59. The number of rotatable bonds is 8. The summed E-state index contributed by atoms with van der Waals surface area (Å²) in [4.78, 5) is 27.6. The molecule has 0 spiro atoms. The normalized spacial score (nSPS) is 16.8. The highest BCUT2D eigenvalue weighted by Gasteiger charge is 2.31. The summed E-state index contributed by atoms with van der Waals surface area (Å²) in [6.07, 6.45) is 2.62. The number of benzene rings is 3. The van der Waals surface area contributed by atoms with Crippen LogP contribution in [-0.4, -0.2) is 50.1 Å². The third kappa shape index (κ3) is 6.15. The molecule has 0 saturated carbocycles. The molecule has 2 atom stereocenters. The number of amidine groups is 1. The van der Waals surface area contributed by atoms with Gasteiger partial charge < -0.3 is 16.0 Å². The first-order valence-electron chi connectivity index (χ1n) is 12.2. The van der Waals surface area contributed by atoms with Gasteiger partial charge in [0.15, 0.2) is 0 Å². The maximum atomic E-state index is 13.3. The Morgan fingerprint density at radius 2 is 1.76 bits per heavy atom. The third-order valence-corrected chi connectivity index (χ3v) is 7.99. The zero-order valence-corrected chi connectivity index (χ0v) is 21.4. The largest absolute Gasteiger partial charge is 0.384 e. The number of amides is 2. The number of carbonyl (C=O) groups excluding carboxylic acids is 2. The number of sulfonamides is 1. The molecule has 1 aliphatic rings. The lowest BCUT2D eigenvalue weighted by Gasteiger charge is -2.37. The van der Waals surface area contributed by atoms with Crippen molar-refractivity contribution in [1.29, 1.82) is 5.41 Å². The van der Waals surface area contributed by atoms with Crippen molar-refractivity contribution in [2.45, 2.75) is 43.2 Å². The molecule has 0 aliphatic carbocycles. The van der Waals surface area contributed by atoms with Crippen LogP contribution in [0.5, 0.6) is 0 Å². The van der Waals surface area contributed by atoms with Gasteiger partial charge in [0.2, 0.25) is 21.8 Å². The molecule has 2 amide bonds. The Labute approximate surface area is 216 Å². The molecule has 5 N–H and O–H groups in total. The van der Waals surface area contributed by atoms with Crippen molar-refractivity contribution < 1.29 is 18.0 Å². The first-order chi connectivity index (χ1) is 17.7. The van der Waals surface area contributed by atoms with Gasteiger partial charge in [-0.3, -0.25) is 15.0 Å². The Bertz CT molecular complexity index is 1420. The van der Waals surface area contributed by atoms with Gasteiger partial charge in [0, 0.05) is 12.1 Å². The number of fused-ring (bicyclic) bond motifs is 1. The van der Waals surface area contributed by atoms with E-state index in [-0.39, 0.29) is 22.7 Å². The number of nitrogens with zero attached hydrogens (tertiary/aromatic N) is 1. The van der Waals surface area contributed by atoms with Crippen LogP contribution in [0.3, 0.4) is 0 Å². The fraction of sp³-hybridized carbons (Fsp3) is 0.296. The number of likely N-dealkylation sites (tertiary alicyclic amines) is 1. The first-order valence-corrected chi connectivity index (χ1v) is 13.7. The maximum absolute atomic E-state index is 13.3. The van der Waals surface area contributed by atoms with E-state index < -0.39 is 28.5 Å². The highest BCUT2D eigenvalue weighted by Crippen LogP contribution is 2.31. The second kappa shape index (κ2) is 11.1. The Kier molecular flexibility index (Phi) is 7.89. The predicted molar refractivity (Wildman–Crippen MR) is 143 cm³/mol. The summed E-state index contributed by atoms with van der Waals surface area (Å²) in [5.41, 5.74) is 7.11. The van der Waals surface area contributed by atoms with Crippen molar-refractivity contribution in [3.63, 3.8) is 0 Å². The summed E-state index contributed by atoms with van der Waals surface area (Å²) in [5, 5.41) is 11.9. The minimum Gasteiger partial charge on any atom is -0.384 e. The molecule has 1 aliphatic heterocycles. The SMILES string of the molecule is C[C@H](NC(=O)CNS(=O)(=O)c1ccc2ccccc2c1)C(=O)N1CCCCC1c1ccc(C(=N)N)cc1. The standard InChI is InChI=1S/C27H31N5O4S/c1-18(27(34)32-15-5-4-8-24(32)20-9-11-21(12-10-20)26(28)29)31-25(33)17-30-37(35,36)23-14-13-19-6-2-3-7-22(19)16-23/h2-3,6-7,9-14,16,18,24,30H,4-5,8,15,17H2,1H3,(H3,28,29)(H,31,33)/t18-,24?/m0/s1. The van der Waals surface area contributed by atoms with Crippen LogP contribution in [0, 0.1) is 5.41 Å². The van der Waals surface area contributed by atoms with Gasteiger partial charge >= 0.3 is 0 Å². The number of nitrogens with one attached hydrogen (secondary N) is 3. The van der Waals surface area contributed by atoms with Crippen molar-refractivity contribution in [2.24, 2.45) is 5.73 Å². The van der Waals surface area contributed by atoms with Gasteiger partial charge in [0.05, 0.1) is 17.5 Å². The van der Waals surface area contributed by atoms with E-state index in [0.717, 1.165) is 35.6 Å². The number of carbonyl (C=O) groups is 2. The monoisotopic (exact) mass is 521 g/mol. The van der Waals surface area contributed by atoms with Crippen LogP contribution in [-0.2, 0) is 19.6 Å². The topological polar surface area (TPSA) is 145 Å². The van der Waals surface area contributed by atoms with Crippen LogP contribution in [0.25, 0.3) is 10.8 Å². The van der Waals surface area contributed by atoms with Gasteiger partial charge in [0.1, 0.15) is 11.9 Å². The highest BCUT2D eigenvalue weighted by molar-refractivity contribution is 7.89. The summed E-state index contributed by atoms with van der Waals surface area (Å²) >= 11 is 0. The van der Waals surface area contributed by atoms with Crippen molar-refractivity contribution in [3.8, 4) is 0 Å². The van der Waals surface area contributed by atoms with E-state index in [1.54, 1.807) is 36.1 Å². The number of hydrogen-bond acceptors (Lipinski definition) is 5. The van der Waals surface area contributed by atoms with Crippen molar-refractivity contribution >= 4 is 38.4 Å². The van der Waals surface area contributed by atoms with Gasteiger partial charge in [-0.1, -0.05) is 54.6 Å². The van der Waals surface area contributed by atoms with E-state index in [4.69, 9.17) is 11.1 Å². The van der Waals surface area contributed by atoms with Crippen molar-refractivity contribution in [2.75, 3.05) is 13.1 Å². The van der Waals surface area contributed by atoms with Gasteiger partial charge in [-0.05, 0) is 54.7 Å². The lowest BCUT2D eigenvalue weighted by molar-refractivity contribution is -0.139. The molecule has 3 aromatic rings. The minimum absolute atomic E-state index is 0.0179. The second-order valence-corrected chi connectivity index (χ2v) is 11.0. The van der Waals surface area contributed by atoms with E-state index in [0.29, 0.717) is 12.1 Å². The predicted octanol–water partition coefficient (Wildman–Crippen LogP) is 2.66. The van der Waals surface area contributed by atoms with E-state index in [1.807, 2.05) is 36.4 Å². The summed E-state index contributed by atoms with van der Waals surface area (Å²) in [7, 11) is -3.91. The molecule has 194 valence electrons. The first kappa shape index (κ1) is 26.3. The Morgan fingerprint density at radius 1 is 1.05 bits per heavy atom. The highest BCUT2D eigenvalue weighted by atomic mass is 32.2. The molecule has 10 heteroatoms. The van der Waals surface area contributed by atoms with Gasteiger partial charge in [-0.15, -0.1) is 0 Å². The summed E-state index contributed by atoms with van der Waals surface area (Å²) < 4.78 is 27.8. The van der Waals surface area contributed by atoms with E-state index in [2.05, 4.69) is 10.0 Å². The molecule has 1 heterocycles. The molecule has 0 bridgehead atoms. The fourth-order valence-corrected chi connectivity index (χ4v) is 5.63. The Hall–Kier alpha value is -3.76. The van der Waals surface area contributed by atoms with Crippen LogP contribution >= 0.6 is 0 Å². The maximum Gasteiger partial charge on any atom is 0.245 e. The van der Waals surface area contributed by atoms with E-state index >= 15 is 0 Å². The zero-order valence-electron chi connectivity index (χ0n) is 20.6. The van der Waals surface area contributed by atoms with Gasteiger partial charge in [-0.25, -0.2) is 13.1 Å². The molecular weight excluding hydrogens is 490 g/mol. The number of hydrogen-bond donors (Lipinski definition) is 4. The minimum atomic E-state index is -3.91. The molecule has 9 nitrogen and oxygen atoms in total. The van der Waals surface area contributed by atoms with E-state index in [9.17, 15) is 18.0 Å². The van der Waals surface area contributed by atoms with Crippen LogP contribution < -0.4 is 15.8 Å². The second-order valence-electron chi connectivity index (χ2n) is 9.20. The molecule has 1 fully saturated rings. The summed E-state index contributed by atoms with van der Waals surface area (Å²) in [5.74, 6) is -0.841. The number of nitrogens with two attached hydrogens (primary N) is 1. The summed E-state index contributed by atoms with van der Waals surface area (Å²) in [6.45, 7) is 1.68. The van der Waals surface area contributed by atoms with Crippen LogP contribution in [0.4, 0.5) is 0 Å². The quantitative estimate of drug-likeness (QED) is 0.266. The molecule has 1 unspecified atom stereocenters. The molecule has 0 radical (unpaired) electrons. The molecular formula is C27H31N5O4S. The lowest BCUT2D eigenvalue weighted by atomic mass is 9.94. The molecule has 4 rings (SSSR count). The Balaban J connectivity index is 1.37. The molecule has 3 aromatic carbocycles. The zero-order chi connectivity index (χ0) is 26.6. The van der Waals surface area contributed by atoms with Crippen LogP contribution in [0.1, 0.15) is 43.4 Å². The molecule has 37 heavy (non-hydrogen) atoms. The average molecular weight is 522 g/mol. The van der Waals surface area contributed by atoms with Gasteiger partial charge in [-0.2, -0.15) is 0 Å². The van der Waals surface area contributed by atoms with Crippen LogP contribution in [0.15, 0.2) is 71.6 Å². The van der Waals surface area contributed by atoms with Crippen LogP contribution in [0.2, 0.25) is 0 Å². The van der Waals surface area contributed by atoms with Gasteiger partial charge in [0.25, 0.3) is 0 Å².